The zero-order valence-electron chi connectivity index (χ0n) is 18.4. The first-order valence-corrected chi connectivity index (χ1v) is 11.3. The van der Waals surface area contributed by atoms with Gasteiger partial charge in [0.15, 0.2) is 12.2 Å². The van der Waals surface area contributed by atoms with Crippen LogP contribution in [-0.4, -0.2) is 29.5 Å². The number of nitrogens with zero attached hydrogens (tertiary/aromatic N) is 1. The van der Waals surface area contributed by atoms with E-state index in [1.54, 1.807) is 6.07 Å². The average Bonchev–Trinajstić information content (AvgIpc) is 3.17. The summed E-state index contributed by atoms with van der Waals surface area (Å²) in [7, 11) is 3.42. The predicted molar refractivity (Wildman–Crippen MR) is 127 cm³/mol. The standard InChI is InChI=1S/C25H20BrNO6/c1-25(2)23-22(31-24(29)32-23)19-16(33-25)10-15(30-4)18-20(19)27(3)14-8-5-11-9-12(26)6-7-13(11)17(14)21(18)28/h5-10,22-23H,1-4H3/t22-,23-/m1/s1. The van der Waals surface area contributed by atoms with Crippen molar-refractivity contribution in [3.63, 3.8) is 0 Å². The molecule has 1 fully saturated rings. The van der Waals surface area contributed by atoms with Crippen LogP contribution in [0.1, 0.15) is 25.5 Å². The smallest absolute Gasteiger partial charge is 0.496 e. The lowest BCUT2D eigenvalue weighted by Gasteiger charge is -2.39. The molecule has 3 aromatic carbocycles. The van der Waals surface area contributed by atoms with Crippen LogP contribution in [0.3, 0.4) is 0 Å². The molecule has 2 atom stereocenters. The first kappa shape index (κ1) is 20.4. The molecule has 2 aliphatic rings. The van der Waals surface area contributed by atoms with Crippen LogP contribution < -0.4 is 14.9 Å². The number of ether oxygens (including phenoxy) is 4. The summed E-state index contributed by atoms with van der Waals surface area (Å²) in [5, 5.41) is 2.81. The molecule has 0 unspecified atom stereocenters. The van der Waals surface area contributed by atoms with Crippen molar-refractivity contribution in [3.8, 4) is 11.5 Å². The number of aromatic nitrogens is 1. The van der Waals surface area contributed by atoms with Gasteiger partial charge in [0.05, 0.1) is 34.5 Å². The summed E-state index contributed by atoms with van der Waals surface area (Å²) in [6.07, 6.45) is -2.10. The highest BCUT2D eigenvalue weighted by Gasteiger charge is 2.54. The van der Waals surface area contributed by atoms with Gasteiger partial charge in [-0.25, -0.2) is 4.79 Å². The van der Waals surface area contributed by atoms with Gasteiger partial charge < -0.3 is 23.5 Å². The SMILES string of the molecule is COc1cc2c(c3c1c(=O)c1c4ccc(Br)cc4ccc1n3C)[C@H]1OC(=O)O[C@H]1C(C)(C)O2. The number of rotatable bonds is 1. The number of halogens is 1. The molecule has 2 aliphatic heterocycles. The summed E-state index contributed by atoms with van der Waals surface area (Å²) in [4.78, 5) is 26.1. The van der Waals surface area contributed by atoms with Gasteiger partial charge in [0.2, 0.25) is 5.43 Å². The molecule has 0 spiro atoms. The number of pyridine rings is 1. The molecule has 6 rings (SSSR count). The minimum absolute atomic E-state index is 0.155. The fourth-order valence-electron chi connectivity index (χ4n) is 5.19. The van der Waals surface area contributed by atoms with E-state index in [2.05, 4.69) is 15.9 Å². The van der Waals surface area contributed by atoms with Crippen molar-refractivity contribution in [2.75, 3.05) is 7.11 Å². The van der Waals surface area contributed by atoms with Gasteiger partial charge in [0, 0.05) is 17.6 Å². The Labute approximate surface area is 196 Å². The van der Waals surface area contributed by atoms with Crippen LogP contribution in [0.5, 0.6) is 11.5 Å². The lowest BCUT2D eigenvalue weighted by Crippen LogP contribution is -2.48. The molecular weight excluding hydrogens is 490 g/mol. The number of carbonyl (C=O) groups excluding carboxylic acids is 1. The molecule has 33 heavy (non-hydrogen) atoms. The molecule has 0 amide bonds. The third-order valence-corrected chi connectivity index (χ3v) is 7.15. The second-order valence-electron chi connectivity index (χ2n) is 8.96. The maximum absolute atomic E-state index is 14.0. The van der Waals surface area contributed by atoms with Gasteiger partial charge in [-0.2, -0.15) is 0 Å². The molecule has 168 valence electrons. The quantitative estimate of drug-likeness (QED) is 0.195. The summed E-state index contributed by atoms with van der Waals surface area (Å²) in [5.41, 5.74) is 0.990. The summed E-state index contributed by atoms with van der Waals surface area (Å²) >= 11 is 3.50. The lowest BCUT2D eigenvalue weighted by molar-refractivity contribution is -0.0499. The third-order valence-electron chi connectivity index (χ3n) is 6.66. The Balaban J connectivity index is 1.82. The highest BCUT2D eigenvalue weighted by Crippen LogP contribution is 2.51. The Bertz CT molecular complexity index is 1590. The van der Waals surface area contributed by atoms with E-state index in [4.69, 9.17) is 18.9 Å². The molecule has 1 saturated heterocycles. The molecule has 7 nitrogen and oxygen atoms in total. The maximum atomic E-state index is 14.0. The van der Waals surface area contributed by atoms with Crippen LogP contribution >= 0.6 is 15.9 Å². The normalized spacial score (nSPS) is 20.8. The highest BCUT2D eigenvalue weighted by molar-refractivity contribution is 9.10. The second-order valence-corrected chi connectivity index (χ2v) is 9.88. The van der Waals surface area contributed by atoms with Gasteiger partial charge in [0.1, 0.15) is 17.1 Å². The van der Waals surface area contributed by atoms with Crippen molar-refractivity contribution in [3.05, 3.63) is 56.7 Å². The van der Waals surface area contributed by atoms with E-state index < -0.39 is 24.0 Å². The number of hydrogen-bond acceptors (Lipinski definition) is 6. The van der Waals surface area contributed by atoms with E-state index in [9.17, 15) is 9.59 Å². The van der Waals surface area contributed by atoms with Crippen molar-refractivity contribution in [1.82, 2.24) is 4.57 Å². The monoisotopic (exact) mass is 509 g/mol. The van der Waals surface area contributed by atoms with E-state index in [0.29, 0.717) is 33.4 Å². The summed E-state index contributed by atoms with van der Waals surface area (Å²) < 4.78 is 25.9. The van der Waals surface area contributed by atoms with Crippen LogP contribution in [0.15, 0.2) is 45.7 Å². The van der Waals surface area contributed by atoms with Crippen LogP contribution in [-0.2, 0) is 16.5 Å². The molecule has 0 aliphatic carbocycles. The number of benzene rings is 3. The fourth-order valence-corrected chi connectivity index (χ4v) is 5.57. The Morgan fingerprint density at radius 2 is 1.85 bits per heavy atom. The van der Waals surface area contributed by atoms with Crippen LogP contribution in [0, 0.1) is 0 Å². The lowest BCUT2D eigenvalue weighted by atomic mass is 9.86. The van der Waals surface area contributed by atoms with Gasteiger partial charge in [-0.15, -0.1) is 0 Å². The molecule has 8 heteroatoms. The summed E-state index contributed by atoms with van der Waals surface area (Å²) in [6.45, 7) is 3.69. The zero-order valence-corrected chi connectivity index (χ0v) is 20.0. The minimum Gasteiger partial charge on any atom is -0.496 e. The molecule has 0 bridgehead atoms. The van der Waals surface area contributed by atoms with E-state index in [0.717, 1.165) is 20.8 Å². The predicted octanol–water partition coefficient (Wildman–Crippen LogP) is 5.36. The van der Waals surface area contributed by atoms with E-state index in [1.807, 2.05) is 55.8 Å². The molecule has 3 heterocycles. The van der Waals surface area contributed by atoms with Gasteiger partial charge >= 0.3 is 6.16 Å². The highest BCUT2D eigenvalue weighted by atomic mass is 79.9. The molecular formula is C25H20BrNO6. The Hall–Kier alpha value is -3.26. The van der Waals surface area contributed by atoms with E-state index in [1.165, 1.54) is 7.11 Å². The number of fused-ring (bicyclic) bond motifs is 8. The van der Waals surface area contributed by atoms with E-state index in [-0.39, 0.29) is 5.43 Å². The van der Waals surface area contributed by atoms with E-state index >= 15 is 0 Å². The van der Waals surface area contributed by atoms with Gasteiger partial charge in [-0.1, -0.05) is 28.1 Å². The van der Waals surface area contributed by atoms with Crippen molar-refractivity contribution < 1.29 is 23.7 Å². The molecule has 4 aromatic rings. The molecule has 0 N–H and O–H groups in total. The van der Waals surface area contributed by atoms with Crippen LogP contribution in [0.2, 0.25) is 0 Å². The first-order valence-electron chi connectivity index (χ1n) is 10.5. The number of carbonyl (C=O) groups is 1. The number of aryl methyl sites for hydroxylation is 1. The van der Waals surface area contributed by atoms with Crippen LogP contribution in [0.25, 0.3) is 32.6 Å². The van der Waals surface area contributed by atoms with Gasteiger partial charge in [-0.05, 0) is 42.8 Å². The largest absolute Gasteiger partial charge is 0.509 e. The van der Waals surface area contributed by atoms with Crippen molar-refractivity contribution in [1.29, 1.82) is 0 Å². The second kappa shape index (κ2) is 6.63. The van der Waals surface area contributed by atoms with Crippen molar-refractivity contribution in [2.45, 2.75) is 31.7 Å². The number of methoxy groups -OCH3 is 1. The Kier molecular flexibility index (Phi) is 4.09. The first-order chi connectivity index (χ1) is 15.7. The van der Waals surface area contributed by atoms with Gasteiger partial charge in [-0.3, -0.25) is 4.79 Å². The van der Waals surface area contributed by atoms with Crippen molar-refractivity contribution in [2.24, 2.45) is 7.05 Å². The minimum atomic E-state index is -0.818. The maximum Gasteiger partial charge on any atom is 0.509 e. The van der Waals surface area contributed by atoms with Crippen LogP contribution in [0.4, 0.5) is 4.79 Å². The molecule has 0 saturated carbocycles. The summed E-state index contributed by atoms with van der Waals surface area (Å²) in [5.74, 6) is 0.905. The van der Waals surface area contributed by atoms with Gasteiger partial charge in [0.25, 0.3) is 0 Å². The fraction of sp³-hybridized carbons (Fsp3) is 0.280. The summed E-state index contributed by atoms with van der Waals surface area (Å²) in [6, 6.07) is 11.5. The topological polar surface area (TPSA) is 76.0 Å². The zero-order chi connectivity index (χ0) is 23.2. The molecule has 0 radical (unpaired) electrons. The Morgan fingerprint density at radius 3 is 2.61 bits per heavy atom. The average molecular weight is 510 g/mol. The number of hydrogen-bond donors (Lipinski definition) is 0. The Morgan fingerprint density at radius 1 is 1.06 bits per heavy atom. The molecule has 1 aromatic heterocycles. The third kappa shape index (κ3) is 2.67. The van der Waals surface area contributed by atoms with Crippen molar-refractivity contribution >= 4 is 54.7 Å².